The van der Waals surface area contributed by atoms with Crippen molar-refractivity contribution < 1.29 is 58.2 Å². The molecule has 1 saturated heterocycles. The van der Waals surface area contributed by atoms with Gasteiger partial charge in [0.2, 0.25) is 0 Å². The van der Waals surface area contributed by atoms with Gasteiger partial charge in [-0.25, -0.2) is 4.79 Å². The lowest BCUT2D eigenvalue weighted by Gasteiger charge is -2.40. The summed E-state index contributed by atoms with van der Waals surface area (Å²) in [6.07, 6.45) is 46.4. The Morgan fingerprint density at radius 1 is 0.493 bits per heavy atom. The summed E-state index contributed by atoms with van der Waals surface area (Å²) in [5.41, 5.74) is 0. The van der Waals surface area contributed by atoms with Crippen LogP contribution in [0.3, 0.4) is 0 Å². The van der Waals surface area contributed by atoms with Crippen LogP contribution in [0.5, 0.6) is 0 Å². The van der Waals surface area contributed by atoms with Crippen LogP contribution in [0, 0.1) is 0 Å². The monoisotopic (exact) mass is 999 g/mol. The largest absolute Gasteiger partial charge is 0.479 e. The van der Waals surface area contributed by atoms with Gasteiger partial charge in [0.05, 0.1) is 13.0 Å². The van der Waals surface area contributed by atoms with E-state index in [1.807, 2.05) is 18.2 Å². The molecule has 0 bridgehead atoms. The first-order valence-electron chi connectivity index (χ1n) is 27.9. The molecular formula is C59H98O12. The van der Waals surface area contributed by atoms with Crippen molar-refractivity contribution >= 4 is 23.9 Å². The zero-order chi connectivity index (χ0) is 51.8. The number of hydrogen-bond donors (Lipinski definition) is 3. The Morgan fingerprint density at radius 2 is 0.930 bits per heavy atom. The molecule has 1 aliphatic heterocycles. The van der Waals surface area contributed by atoms with E-state index in [1.54, 1.807) is 6.08 Å². The number of aliphatic hydroxyl groups is 2. The molecule has 0 aliphatic carbocycles. The molecule has 0 aromatic heterocycles. The summed E-state index contributed by atoms with van der Waals surface area (Å²) in [6.45, 7) is 5.74. The normalized spacial score (nSPS) is 19.0. The van der Waals surface area contributed by atoms with Gasteiger partial charge >= 0.3 is 23.9 Å². The molecule has 0 aromatic rings. The maximum absolute atomic E-state index is 13.0. The molecule has 406 valence electrons. The summed E-state index contributed by atoms with van der Waals surface area (Å²) in [5, 5.41) is 31.3. The Morgan fingerprint density at radius 3 is 1.41 bits per heavy atom. The first kappa shape index (κ1) is 65.2. The van der Waals surface area contributed by atoms with E-state index in [1.165, 1.54) is 83.5 Å². The van der Waals surface area contributed by atoms with Crippen molar-refractivity contribution in [2.75, 3.05) is 13.2 Å². The lowest BCUT2D eigenvalue weighted by Crippen LogP contribution is -2.61. The van der Waals surface area contributed by atoms with Gasteiger partial charge in [-0.15, -0.1) is 0 Å². The Hall–Kier alpha value is -3.84. The molecule has 12 nitrogen and oxygen atoms in total. The molecule has 1 fully saturated rings. The van der Waals surface area contributed by atoms with Crippen molar-refractivity contribution in [3.63, 3.8) is 0 Å². The van der Waals surface area contributed by atoms with Gasteiger partial charge in [-0.05, 0) is 70.6 Å². The number of aliphatic hydroxyl groups excluding tert-OH is 2. The van der Waals surface area contributed by atoms with E-state index in [-0.39, 0.29) is 25.9 Å². The van der Waals surface area contributed by atoms with Crippen LogP contribution in [0.25, 0.3) is 0 Å². The highest BCUT2D eigenvalue weighted by atomic mass is 16.7. The van der Waals surface area contributed by atoms with E-state index in [0.717, 1.165) is 83.5 Å². The fraction of sp³-hybridized carbons (Fsp3) is 0.729. The predicted molar refractivity (Wildman–Crippen MR) is 285 cm³/mol. The fourth-order valence-electron chi connectivity index (χ4n) is 8.03. The molecule has 0 spiro atoms. The third-order valence-electron chi connectivity index (χ3n) is 12.3. The maximum Gasteiger partial charge on any atom is 0.335 e. The van der Waals surface area contributed by atoms with Crippen LogP contribution in [-0.2, 0) is 42.9 Å². The smallest absolute Gasteiger partial charge is 0.335 e. The molecule has 6 unspecified atom stereocenters. The van der Waals surface area contributed by atoms with Crippen LogP contribution >= 0.6 is 0 Å². The van der Waals surface area contributed by atoms with Crippen molar-refractivity contribution in [1.82, 2.24) is 0 Å². The highest BCUT2D eigenvalue weighted by Crippen LogP contribution is 2.26. The topological polar surface area (TPSA) is 175 Å². The zero-order valence-corrected chi connectivity index (χ0v) is 44.4. The number of unbranched alkanes of at least 4 members (excludes halogenated alkanes) is 21. The number of carboxylic acids is 1. The number of esters is 3. The minimum atomic E-state index is -1.91. The van der Waals surface area contributed by atoms with Crippen LogP contribution in [0.1, 0.15) is 226 Å². The van der Waals surface area contributed by atoms with Gasteiger partial charge < -0.3 is 39.0 Å². The van der Waals surface area contributed by atoms with Crippen LogP contribution in [0.15, 0.2) is 72.9 Å². The second-order valence-electron chi connectivity index (χ2n) is 18.9. The lowest BCUT2D eigenvalue weighted by atomic mass is 9.98. The maximum atomic E-state index is 13.0. The van der Waals surface area contributed by atoms with Crippen LogP contribution in [0.2, 0.25) is 0 Å². The van der Waals surface area contributed by atoms with E-state index >= 15 is 0 Å². The third kappa shape index (κ3) is 37.6. The standard InChI is InChI=1S/C59H98O12/c1-4-7-10-13-16-19-21-23-25-26-28-29-31-34-36-39-42-45-51(60)67-48-50(69-52(61)46-43-40-38-35-32-30-27-24-22-20-17-14-11-8-5-2)49-68-59-57(55(64)54(63)56(71-59)58(65)66)70-53(62)47-44-41-37-33-18-15-12-9-6-3/h8,11,17,20,23-25,27,32,35,40,43,50,54-57,59,63-64H,4-7,9-10,12-16,18-19,21-22,26,28-31,33-34,36-39,41-42,44-49H2,1-3H3,(H,65,66)/b11-8-,20-17-,25-23-,27-24-,35-32-,43-40-. The third-order valence-corrected chi connectivity index (χ3v) is 12.3. The number of carbonyl (C=O) groups excluding carboxylic acids is 3. The molecular weight excluding hydrogens is 901 g/mol. The van der Waals surface area contributed by atoms with Crippen LogP contribution in [0.4, 0.5) is 0 Å². The lowest BCUT2D eigenvalue weighted by molar-refractivity contribution is -0.301. The molecule has 1 aliphatic rings. The Kier molecular flexibility index (Phi) is 43.3. The fourth-order valence-corrected chi connectivity index (χ4v) is 8.03. The molecule has 71 heavy (non-hydrogen) atoms. The average molecular weight is 999 g/mol. The summed E-state index contributed by atoms with van der Waals surface area (Å²) >= 11 is 0. The highest BCUT2D eigenvalue weighted by molar-refractivity contribution is 5.74. The predicted octanol–water partition coefficient (Wildman–Crippen LogP) is 13.8. The molecule has 0 aromatic carbocycles. The summed E-state index contributed by atoms with van der Waals surface area (Å²) in [6, 6.07) is 0. The molecule has 0 amide bonds. The number of carbonyl (C=O) groups is 4. The number of carboxylic acid groups (broad SMARTS) is 1. The summed E-state index contributed by atoms with van der Waals surface area (Å²) < 4.78 is 28.2. The molecule has 1 rings (SSSR count). The minimum absolute atomic E-state index is 0.0491. The molecule has 6 atom stereocenters. The van der Waals surface area contributed by atoms with E-state index in [9.17, 15) is 34.5 Å². The highest BCUT2D eigenvalue weighted by Gasteiger charge is 2.50. The molecule has 1 heterocycles. The zero-order valence-electron chi connectivity index (χ0n) is 44.4. The van der Waals surface area contributed by atoms with E-state index in [4.69, 9.17) is 23.7 Å². The molecule has 3 N–H and O–H groups in total. The minimum Gasteiger partial charge on any atom is -0.479 e. The number of hydrogen-bond acceptors (Lipinski definition) is 11. The van der Waals surface area contributed by atoms with Gasteiger partial charge in [-0.1, -0.05) is 209 Å². The quantitative estimate of drug-likeness (QED) is 0.0228. The van der Waals surface area contributed by atoms with E-state index < -0.39 is 67.3 Å². The average Bonchev–Trinajstić information content (AvgIpc) is 3.35. The van der Waals surface area contributed by atoms with Gasteiger partial charge in [-0.3, -0.25) is 14.4 Å². The van der Waals surface area contributed by atoms with Crippen molar-refractivity contribution in [3.8, 4) is 0 Å². The molecule has 12 heteroatoms. The SMILES string of the molecule is CC/C=C\C/C=C\C/C=C\C/C=C\C/C=C\CC(=O)OC(COC(=O)CCCCCCCCC/C=C\CCCCCCCC)COC1OC(C(=O)O)C(O)C(O)C1OC(=O)CCCCCCCCCCC. The van der Waals surface area contributed by atoms with Crippen molar-refractivity contribution in [2.24, 2.45) is 0 Å². The van der Waals surface area contributed by atoms with Crippen LogP contribution < -0.4 is 0 Å². The molecule has 0 saturated carbocycles. The van der Waals surface area contributed by atoms with E-state index in [2.05, 4.69) is 69.4 Å². The summed E-state index contributed by atoms with van der Waals surface area (Å²) in [4.78, 5) is 50.8. The number of aliphatic carboxylic acids is 1. The second-order valence-corrected chi connectivity index (χ2v) is 18.9. The molecule has 0 radical (unpaired) electrons. The van der Waals surface area contributed by atoms with Crippen LogP contribution in [-0.4, -0.2) is 89.2 Å². The first-order chi connectivity index (χ1) is 34.6. The number of allylic oxidation sites excluding steroid dienone is 11. The summed E-state index contributed by atoms with van der Waals surface area (Å²) in [7, 11) is 0. The summed E-state index contributed by atoms with van der Waals surface area (Å²) in [5.74, 6) is -3.29. The first-order valence-corrected chi connectivity index (χ1v) is 27.9. The van der Waals surface area contributed by atoms with Crippen molar-refractivity contribution in [3.05, 3.63) is 72.9 Å². The number of rotatable bonds is 46. The van der Waals surface area contributed by atoms with Gasteiger partial charge in [0.1, 0.15) is 18.8 Å². The van der Waals surface area contributed by atoms with Gasteiger partial charge in [0.25, 0.3) is 0 Å². The Balaban J connectivity index is 2.75. The van der Waals surface area contributed by atoms with Crippen molar-refractivity contribution in [1.29, 1.82) is 0 Å². The van der Waals surface area contributed by atoms with Gasteiger partial charge in [-0.2, -0.15) is 0 Å². The van der Waals surface area contributed by atoms with Crippen molar-refractivity contribution in [2.45, 2.75) is 263 Å². The van der Waals surface area contributed by atoms with Gasteiger partial charge in [0, 0.05) is 12.8 Å². The van der Waals surface area contributed by atoms with Gasteiger partial charge in [0.15, 0.2) is 24.6 Å². The number of ether oxygens (including phenoxy) is 5. The Labute approximate surface area is 429 Å². The Bertz CT molecular complexity index is 1510. The van der Waals surface area contributed by atoms with E-state index in [0.29, 0.717) is 19.3 Å². The second kappa shape index (κ2) is 47.2.